The van der Waals surface area contributed by atoms with Gasteiger partial charge in [-0.25, -0.2) is 4.98 Å². The largest absolute Gasteiger partial charge is 0.382 e. The number of carbonyl (C=O) groups excluding carboxylic acids is 1. The van der Waals surface area contributed by atoms with Crippen molar-refractivity contribution in [1.82, 2.24) is 10.3 Å². The number of aromatic nitrogens is 1. The van der Waals surface area contributed by atoms with Gasteiger partial charge in [-0.3, -0.25) is 4.79 Å². The number of thiazole rings is 1. The van der Waals surface area contributed by atoms with Crippen LogP contribution in [-0.4, -0.2) is 44.4 Å². The van der Waals surface area contributed by atoms with Crippen LogP contribution in [0.15, 0.2) is 5.38 Å². The van der Waals surface area contributed by atoms with Crippen molar-refractivity contribution in [2.75, 3.05) is 27.4 Å². The number of rotatable bonds is 8. The second-order valence-corrected chi connectivity index (χ2v) is 4.87. The molecule has 1 aromatic rings. The highest BCUT2D eigenvalue weighted by Crippen LogP contribution is 2.11. The van der Waals surface area contributed by atoms with Gasteiger partial charge >= 0.3 is 0 Å². The third-order valence-electron chi connectivity index (χ3n) is 2.26. The Morgan fingerprint density at radius 1 is 1.61 bits per heavy atom. The van der Waals surface area contributed by atoms with E-state index in [1.807, 2.05) is 5.38 Å². The quantitative estimate of drug-likeness (QED) is 0.732. The number of amides is 1. The molecule has 5 nitrogen and oxygen atoms in total. The van der Waals surface area contributed by atoms with Gasteiger partial charge in [0.05, 0.1) is 30.7 Å². The van der Waals surface area contributed by atoms with Gasteiger partial charge in [0.15, 0.2) is 0 Å². The molecule has 1 atom stereocenters. The van der Waals surface area contributed by atoms with Crippen LogP contribution >= 0.6 is 22.9 Å². The Balaban J connectivity index is 2.32. The Morgan fingerprint density at radius 3 is 2.94 bits per heavy atom. The normalized spacial score (nSPS) is 12.4. The zero-order chi connectivity index (χ0) is 13.4. The molecule has 7 heteroatoms. The van der Waals surface area contributed by atoms with E-state index in [2.05, 4.69) is 10.3 Å². The van der Waals surface area contributed by atoms with E-state index >= 15 is 0 Å². The first-order chi connectivity index (χ1) is 8.69. The Bertz CT molecular complexity index is 373. The second kappa shape index (κ2) is 8.42. The number of methoxy groups -OCH3 is 2. The highest BCUT2D eigenvalue weighted by molar-refractivity contribution is 7.09. The van der Waals surface area contributed by atoms with Crippen LogP contribution in [0.5, 0.6) is 0 Å². The van der Waals surface area contributed by atoms with E-state index in [-0.39, 0.29) is 18.4 Å². The average molecular weight is 293 g/mol. The molecule has 1 amide bonds. The highest BCUT2D eigenvalue weighted by Gasteiger charge is 2.11. The Labute approximate surface area is 115 Å². The molecular weight excluding hydrogens is 276 g/mol. The lowest BCUT2D eigenvalue weighted by Gasteiger charge is -2.14. The monoisotopic (exact) mass is 292 g/mol. The molecule has 1 N–H and O–H groups in total. The lowest BCUT2D eigenvalue weighted by atomic mass is 10.3. The summed E-state index contributed by atoms with van der Waals surface area (Å²) in [4.78, 5) is 15.9. The Morgan fingerprint density at radius 2 is 2.39 bits per heavy atom. The molecular formula is C11H17ClN2O3S. The van der Waals surface area contributed by atoms with Gasteiger partial charge in [0, 0.05) is 26.1 Å². The topological polar surface area (TPSA) is 60.5 Å². The molecule has 1 heterocycles. The van der Waals surface area contributed by atoms with Gasteiger partial charge in [0.2, 0.25) is 5.91 Å². The Hall–Kier alpha value is -0.690. The molecule has 0 saturated heterocycles. The standard InChI is InChI=1S/C11H17ClN2O3S/c1-16-6-9(17-2)5-13-10(15)3-11-14-8(4-12)7-18-11/h7,9H,3-6H2,1-2H3,(H,13,15). The van der Waals surface area contributed by atoms with Crippen LogP contribution in [0.2, 0.25) is 0 Å². The van der Waals surface area contributed by atoms with Crippen molar-refractivity contribution in [2.45, 2.75) is 18.4 Å². The molecule has 0 bridgehead atoms. The number of nitrogens with zero attached hydrogens (tertiary/aromatic N) is 1. The molecule has 0 aliphatic heterocycles. The van der Waals surface area contributed by atoms with Crippen LogP contribution in [0, 0.1) is 0 Å². The molecule has 0 fully saturated rings. The van der Waals surface area contributed by atoms with Gasteiger partial charge in [0.1, 0.15) is 5.01 Å². The third kappa shape index (κ3) is 5.30. The summed E-state index contributed by atoms with van der Waals surface area (Å²) in [5.41, 5.74) is 0.804. The van der Waals surface area contributed by atoms with Crippen molar-refractivity contribution in [3.63, 3.8) is 0 Å². The molecule has 18 heavy (non-hydrogen) atoms. The zero-order valence-corrected chi connectivity index (χ0v) is 12.0. The van der Waals surface area contributed by atoms with E-state index in [4.69, 9.17) is 21.1 Å². The van der Waals surface area contributed by atoms with Crippen molar-refractivity contribution in [3.05, 3.63) is 16.1 Å². The smallest absolute Gasteiger partial charge is 0.226 e. The van der Waals surface area contributed by atoms with E-state index < -0.39 is 0 Å². The summed E-state index contributed by atoms with van der Waals surface area (Å²) in [6.07, 6.45) is 0.138. The maximum absolute atomic E-state index is 11.7. The average Bonchev–Trinajstić information content (AvgIpc) is 2.82. The first-order valence-corrected chi connectivity index (χ1v) is 6.88. The van der Waals surface area contributed by atoms with Gasteiger partial charge in [-0.2, -0.15) is 0 Å². The van der Waals surface area contributed by atoms with Crippen molar-refractivity contribution in [1.29, 1.82) is 0 Å². The number of hydrogen-bond acceptors (Lipinski definition) is 5. The number of alkyl halides is 1. The summed E-state index contributed by atoms with van der Waals surface area (Å²) >= 11 is 7.09. The minimum Gasteiger partial charge on any atom is -0.382 e. The lowest BCUT2D eigenvalue weighted by Crippen LogP contribution is -2.36. The number of hydrogen-bond donors (Lipinski definition) is 1. The molecule has 1 rings (SSSR count). The van der Waals surface area contributed by atoms with Gasteiger partial charge in [-0.15, -0.1) is 22.9 Å². The van der Waals surface area contributed by atoms with Crippen LogP contribution in [0.4, 0.5) is 0 Å². The predicted molar refractivity (Wildman–Crippen MR) is 71.1 cm³/mol. The van der Waals surface area contributed by atoms with Crippen LogP contribution in [0.1, 0.15) is 10.7 Å². The van der Waals surface area contributed by atoms with Gasteiger partial charge in [-0.1, -0.05) is 0 Å². The van der Waals surface area contributed by atoms with Crippen molar-refractivity contribution in [3.8, 4) is 0 Å². The molecule has 0 saturated carbocycles. The minimum atomic E-state index is -0.131. The fourth-order valence-corrected chi connectivity index (χ4v) is 2.34. The lowest BCUT2D eigenvalue weighted by molar-refractivity contribution is -0.121. The third-order valence-corrected chi connectivity index (χ3v) is 3.43. The molecule has 0 aliphatic carbocycles. The molecule has 0 radical (unpaired) electrons. The molecule has 102 valence electrons. The summed E-state index contributed by atoms with van der Waals surface area (Å²) in [6.45, 7) is 0.876. The van der Waals surface area contributed by atoms with Crippen LogP contribution in [0.25, 0.3) is 0 Å². The van der Waals surface area contributed by atoms with Crippen LogP contribution in [-0.2, 0) is 26.6 Å². The highest BCUT2D eigenvalue weighted by atomic mass is 35.5. The number of ether oxygens (including phenoxy) is 2. The molecule has 0 spiro atoms. The predicted octanol–water partition coefficient (Wildman–Crippen LogP) is 1.20. The van der Waals surface area contributed by atoms with Gasteiger partial charge in [0.25, 0.3) is 0 Å². The molecule has 1 unspecified atom stereocenters. The number of halogens is 1. The summed E-state index contributed by atoms with van der Waals surface area (Å²) in [5.74, 6) is 0.293. The first-order valence-electron chi connectivity index (χ1n) is 5.47. The maximum Gasteiger partial charge on any atom is 0.226 e. The van der Waals surface area contributed by atoms with E-state index in [0.717, 1.165) is 10.7 Å². The zero-order valence-electron chi connectivity index (χ0n) is 10.4. The number of nitrogens with one attached hydrogen (secondary N) is 1. The Kier molecular flexibility index (Phi) is 7.19. The molecule has 0 aliphatic rings. The summed E-state index contributed by atoms with van der Waals surface area (Å²) in [7, 11) is 3.18. The summed E-state index contributed by atoms with van der Waals surface area (Å²) in [5, 5.41) is 5.41. The fourth-order valence-electron chi connectivity index (χ4n) is 1.32. The van der Waals surface area contributed by atoms with E-state index in [1.165, 1.54) is 11.3 Å². The summed E-state index contributed by atoms with van der Waals surface area (Å²) < 4.78 is 10.1. The van der Waals surface area contributed by atoms with E-state index in [1.54, 1.807) is 14.2 Å². The summed E-state index contributed by atoms with van der Waals surface area (Å²) in [6, 6.07) is 0. The minimum absolute atomic E-state index is 0.0800. The van der Waals surface area contributed by atoms with Gasteiger partial charge in [-0.05, 0) is 0 Å². The van der Waals surface area contributed by atoms with Crippen LogP contribution < -0.4 is 5.32 Å². The van der Waals surface area contributed by atoms with Crippen LogP contribution in [0.3, 0.4) is 0 Å². The fraction of sp³-hybridized carbons (Fsp3) is 0.636. The van der Waals surface area contributed by atoms with Gasteiger partial charge < -0.3 is 14.8 Å². The van der Waals surface area contributed by atoms with E-state index in [0.29, 0.717) is 19.0 Å². The number of carbonyl (C=O) groups is 1. The first kappa shape index (κ1) is 15.4. The van der Waals surface area contributed by atoms with Crippen molar-refractivity contribution in [2.24, 2.45) is 0 Å². The molecule has 1 aromatic heterocycles. The maximum atomic E-state index is 11.7. The molecule has 0 aromatic carbocycles. The van der Waals surface area contributed by atoms with E-state index in [9.17, 15) is 4.79 Å². The van der Waals surface area contributed by atoms with Crippen molar-refractivity contribution < 1.29 is 14.3 Å². The van der Waals surface area contributed by atoms with Crippen molar-refractivity contribution >= 4 is 28.8 Å². The SMILES string of the molecule is COCC(CNC(=O)Cc1nc(CCl)cs1)OC. The second-order valence-electron chi connectivity index (χ2n) is 3.66.